The lowest BCUT2D eigenvalue weighted by atomic mass is 9.72. The fraction of sp³-hybridized carbons (Fsp3) is 1.00. The van der Waals surface area contributed by atoms with E-state index in [9.17, 15) is 0 Å². The maximum atomic E-state index is 5.38. The molecule has 0 spiro atoms. The van der Waals surface area contributed by atoms with E-state index >= 15 is 0 Å². The number of methoxy groups -OCH3 is 1. The van der Waals surface area contributed by atoms with Gasteiger partial charge >= 0.3 is 0 Å². The van der Waals surface area contributed by atoms with Crippen molar-refractivity contribution in [2.45, 2.75) is 71.9 Å². The van der Waals surface area contributed by atoms with Gasteiger partial charge in [-0.05, 0) is 56.9 Å². The van der Waals surface area contributed by atoms with Crippen LogP contribution in [0.15, 0.2) is 0 Å². The molecule has 2 heteroatoms. The first-order valence-electron chi connectivity index (χ1n) is 7.84. The van der Waals surface area contributed by atoms with Gasteiger partial charge in [0, 0.05) is 13.2 Å². The van der Waals surface area contributed by atoms with E-state index in [1.807, 2.05) is 7.11 Å². The number of hydrogen-bond acceptors (Lipinski definition) is 2. The van der Waals surface area contributed by atoms with Crippen molar-refractivity contribution < 1.29 is 4.74 Å². The van der Waals surface area contributed by atoms with Gasteiger partial charge in [-0.3, -0.25) is 0 Å². The average Bonchev–Trinajstić information content (AvgIpc) is 2.37. The third-order valence-corrected chi connectivity index (χ3v) is 4.96. The Labute approximate surface area is 114 Å². The molecule has 1 N–H and O–H groups in total. The molecule has 0 saturated heterocycles. The SMILES string of the molecule is CCNC(CCC(C)OC)C1CCC(C)C(C)C1. The molecule has 1 aliphatic rings. The van der Waals surface area contributed by atoms with Crippen LogP contribution in [0.1, 0.15) is 59.8 Å². The molecule has 1 saturated carbocycles. The predicted molar refractivity (Wildman–Crippen MR) is 78.8 cm³/mol. The second kappa shape index (κ2) is 8.16. The Hall–Kier alpha value is -0.0800. The zero-order valence-electron chi connectivity index (χ0n) is 13.0. The van der Waals surface area contributed by atoms with Gasteiger partial charge in [0.2, 0.25) is 0 Å². The highest BCUT2D eigenvalue weighted by Gasteiger charge is 2.29. The fourth-order valence-corrected chi connectivity index (χ4v) is 3.25. The zero-order chi connectivity index (χ0) is 13.5. The summed E-state index contributed by atoms with van der Waals surface area (Å²) in [6.07, 6.45) is 7.05. The molecular weight excluding hydrogens is 222 g/mol. The van der Waals surface area contributed by atoms with Gasteiger partial charge in [0.05, 0.1) is 6.10 Å². The Bertz CT molecular complexity index is 219. The van der Waals surface area contributed by atoms with Crippen LogP contribution in [0.2, 0.25) is 0 Å². The van der Waals surface area contributed by atoms with Gasteiger partial charge < -0.3 is 10.1 Å². The summed E-state index contributed by atoms with van der Waals surface area (Å²) in [5.41, 5.74) is 0. The minimum absolute atomic E-state index is 0.395. The highest BCUT2D eigenvalue weighted by Crippen LogP contribution is 2.36. The molecule has 0 aromatic heterocycles. The molecule has 0 bridgehead atoms. The van der Waals surface area contributed by atoms with Crippen molar-refractivity contribution in [2.75, 3.05) is 13.7 Å². The van der Waals surface area contributed by atoms with Crippen LogP contribution in [0.25, 0.3) is 0 Å². The summed E-state index contributed by atoms with van der Waals surface area (Å²) in [7, 11) is 1.82. The van der Waals surface area contributed by atoms with E-state index in [2.05, 4.69) is 33.0 Å². The highest BCUT2D eigenvalue weighted by molar-refractivity contribution is 4.84. The minimum atomic E-state index is 0.395. The van der Waals surface area contributed by atoms with Crippen LogP contribution in [0.4, 0.5) is 0 Å². The van der Waals surface area contributed by atoms with E-state index in [-0.39, 0.29) is 0 Å². The van der Waals surface area contributed by atoms with Crippen LogP contribution in [0, 0.1) is 17.8 Å². The molecule has 2 nitrogen and oxygen atoms in total. The van der Waals surface area contributed by atoms with Crippen LogP contribution in [-0.2, 0) is 4.74 Å². The molecule has 108 valence electrons. The second-order valence-corrected chi connectivity index (χ2v) is 6.32. The molecule has 18 heavy (non-hydrogen) atoms. The summed E-state index contributed by atoms with van der Waals surface area (Å²) >= 11 is 0. The summed E-state index contributed by atoms with van der Waals surface area (Å²) < 4.78 is 5.38. The molecule has 1 rings (SSSR count). The maximum Gasteiger partial charge on any atom is 0.0543 e. The Kier molecular flexibility index (Phi) is 7.25. The molecule has 0 amide bonds. The van der Waals surface area contributed by atoms with Crippen molar-refractivity contribution in [3.8, 4) is 0 Å². The molecular formula is C16H33NO. The molecule has 0 aromatic rings. The van der Waals surface area contributed by atoms with E-state index < -0.39 is 0 Å². The van der Waals surface area contributed by atoms with Gasteiger partial charge in [-0.25, -0.2) is 0 Å². The number of ether oxygens (including phenoxy) is 1. The topological polar surface area (TPSA) is 21.3 Å². The van der Waals surface area contributed by atoms with Crippen molar-refractivity contribution >= 4 is 0 Å². The van der Waals surface area contributed by atoms with E-state index in [1.54, 1.807) is 0 Å². The van der Waals surface area contributed by atoms with Crippen LogP contribution >= 0.6 is 0 Å². The van der Waals surface area contributed by atoms with Gasteiger partial charge in [0.15, 0.2) is 0 Å². The van der Waals surface area contributed by atoms with E-state index in [1.165, 1.54) is 32.1 Å². The van der Waals surface area contributed by atoms with E-state index in [0.717, 1.165) is 24.3 Å². The molecule has 5 unspecified atom stereocenters. The third kappa shape index (κ3) is 4.89. The highest BCUT2D eigenvalue weighted by atomic mass is 16.5. The van der Waals surface area contributed by atoms with Crippen molar-refractivity contribution in [3.05, 3.63) is 0 Å². The fourth-order valence-electron chi connectivity index (χ4n) is 3.25. The molecule has 1 fully saturated rings. The van der Waals surface area contributed by atoms with Crippen LogP contribution in [0.3, 0.4) is 0 Å². The van der Waals surface area contributed by atoms with E-state index in [0.29, 0.717) is 12.1 Å². The molecule has 0 aliphatic heterocycles. The Balaban J connectivity index is 2.45. The Morgan fingerprint density at radius 1 is 1.17 bits per heavy atom. The Morgan fingerprint density at radius 2 is 1.89 bits per heavy atom. The summed E-state index contributed by atoms with van der Waals surface area (Å²) in [4.78, 5) is 0. The molecule has 0 radical (unpaired) electrons. The lowest BCUT2D eigenvalue weighted by molar-refractivity contribution is 0.0970. The van der Waals surface area contributed by atoms with Gasteiger partial charge in [-0.1, -0.05) is 27.2 Å². The van der Waals surface area contributed by atoms with Crippen molar-refractivity contribution in [3.63, 3.8) is 0 Å². The maximum absolute atomic E-state index is 5.38. The van der Waals surface area contributed by atoms with Gasteiger partial charge in [0.1, 0.15) is 0 Å². The van der Waals surface area contributed by atoms with Crippen LogP contribution < -0.4 is 5.32 Å². The Morgan fingerprint density at radius 3 is 2.44 bits per heavy atom. The van der Waals surface area contributed by atoms with Crippen molar-refractivity contribution in [2.24, 2.45) is 17.8 Å². The third-order valence-electron chi connectivity index (χ3n) is 4.96. The monoisotopic (exact) mass is 255 g/mol. The molecule has 5 atom stereocenters. The standard InChI is InChI=1S/C16H33NO/c1-6-17-16(10-8-14(4)18-5)15-9-7-12(2)13(3)11-15/h12-17H,6-11H2,1-5H3. The first kappa shape index (κ1) is 16.0. The number of rotatable bonds is 7. The second-order valence-electron chi connectivity index (χ2n) is 6.32. The smallest absolute Gasteiger partial charge is 0.0543 e. The average molecular weight is 255 g/mol. The summed E-state index contributed by atoms with van der Waals surface area (Å²) in [6, 6.07) is 0.697. The summed E-state index contributed by atoms with van der Waals surface area (Å²) in [5.74, 6) is 2.69. The molecule has 0 heterocycles. The number of nitrogens with one attached hydrogen (secondary N) is 1. The lowest BCUT2D eigenvalue weighted by Crippen LogP contribution is -2.40. The first-order chi connectivity index (χ1) is 8.58. The van der Waals surface area contributed by atoms with Crippen molar-refractivity contribution in [1.29, 1.82) is 0 Å². The first-order valence-corrected chi connectivity index (χ1v) is 7.84. The van der Waals surface area contributed by atoms with Crippen LogP contribution in [0.5, 0.6) is 0 Å². The predicted octanol–water partition coefficient (Wildman–Crippen LogP) is 3.85. The molecule has 1 aliphatic carbocycles. The van der Waals surface area contributed by atoms with E-state index in [4.69, 9.17) is 4.74 Å². The van der Waals surface area contributed by atoms with Gasteiger partial charge in [0.25, 0.3) is 0 Å². The number of hydrogen-bond donors (Lipinski definition) is 1. The normalized spacial score (nSPS) is 32.2. The lowest BCUT2D eigenvalue weighted by Gasteiger charge is -2.37. The quantitative estimate of drug-likeness (QED) is 0.746. The van der Waals surface area contributed by atoms with Crippen molar-refractivity contribution in [1.82, 2.24) is 5.32 Å². The summed E-state index contributed by atoms with van der Waals surface area (Å²) in [6.45, 7) is 10.3. The molecule has 0 aromatic carbocycles. The van der Waals surface area contributed by atoms with Crippen LogP contribution in [-0.4, -0.2) is 25.8 Å². The van der Waals surface area contributed by atoms with Gasteiger partial charge in [-0.2, -0.15) is 0 Å². The summed E-state index contributed by atoms with van der Waals surface area (Å²) in [5, 5.41) is 3.71. The minimum Gasteiger partial charge on any atom is -0.382 e. The zero-order valence-corrected chi connectivity index (χ0v) is 13.0. The largest absolute Gasteiger partial charge is 0.382 e. The van der Waals surface area contributed by atoms with Gasteiger partial charge in [-0.15, -0.1) is 0 Å².